The van der Waals surface area contributed by atoms with E-state index in [0.717, 1.165) is 24.2 Å². The highest BCUT2D eigenvalue weighted by Crippen LogP contribution is 2.35. The van der Waals surface area contributed by atoms with E-state index in [1.54, 1.807) is 37.4 Å². The quantitative estimate of drug-likeness (QED) is 0.692. The van der Waals surface area contributed by atoms with E-state index in [2.05, 4.69) is 29.4 Å². The lowest BCUT2D eigenvalue weighted by atomic mass is 9.99. The molecule has 0 saturated carbocycles. The smallest absolute Gasteiger partial charge is 0.319 e. The van der Waals surface area contributed by atoms with Crippen LogP contribution in [0.5, 0.6) is 0 Å². The molecule has 2 aromatic rings. The van der Waals surface area contributed by atoms with E-state index in [4.69, 9.17) is 11.6 Å². The van der Waals surface area contributed by atoms with Gasteiger partial charge in [-0.25, -0.2) is 9.18 Å². The molecule has 1 aliphatic rings. The topological polar surface area (TPSA) is 64.7 Å². The second kappa shape index (κ2) is 9.66. The maximum Gasteiger partial charge on any atom is 0.319 e. The van der Waals surface area contributed by atoms with Crippen molar-refractivity contribution in [3.63, 3.8) is 0 Å². The van der Waals surface area contributed by atoms with Crippen molar-refractivity contribution in [3.05, 3.63) is 58.9 Å². The van der Waals surface area contributed by atoms with Crippen molar-refractivity contribution >= 4 is 34.9 Å². The summed E-state index contributed by atoms with van der Waals surface area (Å²) in [6, 6.07) is 11.4. The average Bonchev–Trinajstić information content (AvgIpc) is 3.13. The fraction of sp³-hybridized carbons (Fsp3) is 0.391. The number of halogens is 2. The van der Waals surface area contributed by atoms with E-state index < -0.39 is 5.82 Å². The molecule has 1 heterocycles. The molecule has 0 aromatic heterocycles. The van der Waals surface area contributed by atoms with Crippen LogP contribution in [0.3, 0.4) is 0 Å². The number of hydrogen-bond acceptors (Lipinski definition) is 3. The van der Waals surface area contributed by atoms with Gasteiger partial charge in [-0.3, -0.25) is 9.69 Å². The van der Waals surface area contributed by atoms with E-state index in [1.807, 2.05) is 6.07 Å². The van der Waals surface area contributed by atoms with E-state index >= 15 is 0 Å². The SMILES string of the molecule is CC(=O)N(C)c1ccc(NC(=O)N[C@H]2CCN(C(C)C)[C@H]2c2ccc(Cl)c(F)c2)cc1. The molecule has 0 radical (unpaired) electrons. The van der Waals surface area contributed by atoms with Crippen molar-refractivity contribution in [1.82, 2.24) is 10.2 Å². The monoisotopic (exact) mass is 446 g/mol. The molecule has 0 unspecified atom stereocenters. The van der Waals surface area contributed by atoms with Crippen molar-refractivity contribution in [2.75, 3.05) is 23.8 Å². The van der Waals surface area contributed by atoms with Gasteiger partial charge in [-0.05, 0) is 62.2 Å². The number of nitrogens with zero attached hydrogens (tertiary/aromatic N) is 2. The molecule has 8 heteroatoms. The fourth-order valence-electron chi connectivity index (χ4n) is 3.95. The summed E-state index contributed by atoms with van der Waals surface area (Å²) in [5, 5.41) is 5.95. The van der Waals surface area contributed by atoms with E-state index in [-0.39, 0.29) is 35.1 Å². The maximum atomic E-state index is 14.1. The number of rotatable bonds is 5. The molecule has 6 nitrogen and oxygen atoms in total. The number of nitrogens with one attached hydrogen (secondary N) is 2. The molecular weight excluding hydrogens is 419 g/mol. The number of carbonyl (C=O) groups is 2. The predicted molar refractivity (Wildman–Crippen MR) is 122 cm³/mol. The number of benzene rings is 2. The molecule has 2 N–H and O–H groups in total. The minimum absolute atomic E-state index is 0.0703. The summed E-state index contributed by atoms with van der Waals surface area (Å²) in [7, 11) is 1.69. The Kier molecular flexibility index (Phi) is 7.18. The zero-order chi connectivity index (χ0) is 22.7. The predicted octanol–water partition coefficient (Wildman–Crippen LogP) is 4.81. The summed E-state index contributed by atoms with van der Waals surface area (Å²) in [6.45, 7) is 6.46. The van der Waals surface area contributed by atoms with Gasteiger partial charge in [0.25, 0.3) is 0 Å². The summed E-state index contributed by atoms with van der Waals surface area (Å²) >= 11 is 5.86. The van der Waals surface area contributed by atoms with Crippen LogP contribution in [-0.4, -0.2) is 42.5 Å². The van der Waals surface area contributed by atoms with Crippen LogP contribution in [0.4, 0.5) is 20.6 Å². The normalized spacial score (nSPS) is 18.8. The van der Waals surface area contributed by atoms with E-state index in [0.29, 0.717) is 5.69 Å². The Morgan fingerprint density at radius 1 is 1.19 bits per heavy atom. The van der Waals surface area contributed by atoms with Crippen molar-refractivity contribution < 1.29 is 14.0 Å². The third-order valence-electron chi connectivity index (χ3n) is 5.69. The molecule has 0 spiro atoms. The largest absolute Gasteiger partial charge is 0.333 e. The van der Waals surface area contributed by atoms with Gasteiger partial charge >= 0.3 is 6.03 Å². The molecule has 1 saturated heterocycles. The van der Waals surface area contributed by atoms with Crippen molar-refractivity contribution in [1.29, 1.82) is 0 Å². The van der Waals surface area contributed by atoms with Gasteiger partial charge in [0.05, 0.1) is 17.1 Å². The van der Waals surface area contributed by atoms with Crippen LogP contribution in [0.1, 0.15) is 38.8 Å². The summed E-state index contributed by atoms with van der Waals surface area (Å²) in [5.74, 6) is -0.535. The molecule has 31 heavy (non-hydrogen) atoms. The minimum Gasteiger partial charge on any atom is -0.333 e. The first-order chi connectivity index (χ1) is 14.7. The number of urea groups is 1. The lowest BCUT2D eigenvalue weighted by molar-refractivity contribution is -0.116. The highest BCUT2D eigenvalue weighted by atomic mass is 35.5. The van der Waals surface area contributed by atoms with Gasteiger partial charge in [0, 0.05) is 37.9 Å². The zero-order valence-corrected chi connectivity index (χ0v) is 18.9. The minimum atomic E-state index is -0.464. The standard InChI is InChI=1S/C23H28ClFN4O2/c1-14(2)29-12-11-21(22(29)16-5-10-19(24)20(25)13-16)27-23(31)26-17-6-8-18(9-7-17)28(4)15(3)30/h5-10,13-14,21-22H,11-12H2,1-4H3,(H2,26,27,31)/t21-,22-/m0/s1. The number of amides is 3. The lowest BCUT2D eigenvalue weighted by Gasteiger charge is -2.32. The van der Waals surface area contributed by atoms with Gasteiger partial charge in [0.2, 0.25) is 5.91 Å². The first-order valence-electron chi connectivity index (χ1n) is 10.3. The van der Waals surface area contributed by atoms with E-state index in [9.17, 15) is 14.0 Å². The second-order valence-electron chi connectivity index (χ2n) is 8.07. The van der Waals surface area contributed by atoms with Crippen molar-refractivity contribution in [2.24, 2.45) is 0 Å². The van der Waals surface area contributed by atoms with E-state index in [1.165, 1.54) is 17.9 Å². The number of anilines is 2. The van der Waals surface area contributed by atoms with Crippen LogP contribution in [-0.2, 0) is 4.79 Å². The van der Waals surface area contributed by atoms with Gasteiger partial charge in [0.1, 0.15) is 5.82 Å². The summed E-state index contributed by atoms with van der Waals surface area (Å²) in [4.78, 5) is 27.9. The average molecular weight is 447 g/mol. The Labute approximate surface area is 187 Å². The highest BCUT2D eigenvalue weighted by Gasteiger charge is 2.37. The zero-order valence-electron chi connectivity index (χ0n) is 18.2. The summed E-state index contributed by atoms with van der Waals surface area (Å²) in [5.41, 5.74) is 2.15. The van der Waals surface area contributed by atoms with Crippen LogP contribution in [0.25, 0.3) is 0 Å². The van der Waals surface area contributed by atoms with Gasteiger partial charge in [-0.15, -0.1) is 0 Å². The van der Waals surface area contributed by atoms with Crippen LogP contribution >= 0.6 is 11.6 Å². The third-order valence-corrected chi connectivity index (χ3v) is 5.99. The molecule has 0 bridgehead atoms. The Balaban J connectivity index is 1.71. The number of hydrogen-bond donors (Lipinski definition) is 2. The highest BCUT2D eigenvalue weighted by molar-refractivity contribution is 6.30. The molecule has 3 amide bonds. The lowest BCUT2D eigenvalue weighted by Crippen LogP contribution is -2.43. The van der Waals surface area contributed by atoms with Gasteiger partial charge in [-0.1, -0.05) is 17.7 Å². The van der Waals surface area contributed by atoms with Crippen LogP contribution < -0.4 is 15.5 Å². The van der Waals surface area contributed by atoms with Gasteiger partial charge in [0.15, 0.2) is 0 Å². The Morgan fingerprint density at radius 2 is 1.87 bits per heavy atom. The summed E-state index contributed by atoms with van der Waals surface area (Å²) < 4.78 is 14.1. The van der Waals surface area contributed by atoms with Gasteiger partial charge < -0.3 is 15.5 Å². The molecule has 0 aliphatic carbocycles. The maximum absolute atomic E-state index is 14.1. The third kappa shape index (κ3) is 5.35. The van der Waals surface area contributed by atoms with Crippen LogP contribution in [0.15, 0.2) is 42.5 Å². The fourth-order valence-corrected chi connectivity index (χ4v) is 4.07. The Bertz CT molecular complexity index is 951. The van der Waals surface area contributed by atoms with Crippen molar-refractivity contribution in [2.45, 2.75) is 45.3 Å². The van der Waals surface area contributed by atoms with Gasteiger partial charge in [-0.2, -0.15) is 0 Å². The first kappa shape index (κ1) is 23.0. The molecular formula is C23H28ClFN4O2. The molecule has 2 atom stereocenters. The molecule has 1 fully saturated rings. The summed E-state index contributed by atoms with van der Waals surface area (Å²) in [6.07, 6.45) is 0.753. The van der Waals surface area contributed by atoms with Crippen LogP contribution in [0.2, 0.25) is 5.02 Å². The molecule has 3 rings (SSSR count). The Morgan fingerprint density at radius 3 is 2.45 bits per heavy atom. The first-order valence-corrected chi connectivity index (χ1v) is 10.7. The molecule has 166 valence electrons. The Hall–Kier alpha value is -2.64. The molecule has 2 aromatic carbocycles. The van der Waals surface area contributed by atoms with Crippen LogP contribution in [0, 0.1) is 5.82 Å². The van der Waals surface area contributed by atoms with Crippen molar-refractivity contribution in [3.8, 4) is 0 Å². The number of likely N-dealkylation sites (tertiary alicyclic amines) is 1. The number of carbonyl (C=O) groups excluding carboxylic acids is 2. The second-order valence-corrected chi connectivity index (χ2v) is 8.48. The molecule has 1 aliphatic heterocycles.